The van der Waals surface area contributed by atoms with Crippen LogP contribution in [0.3, 0.4) is 0 Å². The van der Waals surface area contributed by atoms with E-state index < -0.39 is 10.0 Å². The van der Waals surface area contributed by atoms with Gasteiger partial charge in [-0.1, -0.05) is 40.6 Å². The van der Waals surface area contributed by atoms with Crippen LogP contribution in [-0.2, 0) is 21.4 Å². The molecule has 1 amide bonds. The molecule has 2 aromatic carbocycles. The number of halogens is 1. The van der Waals surface area contributed by atoms with Gasteiger partial charge in [-0.25, -0.2) is 13.1 Å². The Kier molecular flexibility index (Phi) is 7.38. The second-order valence-corrected chi connectivity index (χ2v) is 9.52. The minimum absolute atomic E-state index is 0.0343. The lowest BCUT2D eigenvalue weighted by atomic mass is 10.2. The van der Waals surface area contributed by atoms with Crippen molar-refractivity contribution in [1.82, 2.24) is 14.9 Å². The number of aromatic nitrogens is 2. The molecule has 0 aliphatic carbocycles. The van der Waals surface area contributed by atoms with Gasteiger partial charge in [-0.3, -0.25) is 4.79 Å². The zero-order chi connectivity index (χ0) is 21.6. The molecule has 0 saturated carbocycles. The Hall–Kier alpha value is -2.53. The number of amides is 1. The molecule has 0 aliphatic heterocycles. The minimum Gasteiger partial charge on any atom is -0.486 e. The molecule has 0 bridgehead atoms. The Morgan fingerprint density at radius 2 is 1.80 bits per heavy atom. The topological polar surface area (TPSA) is 110 Å². The number of hydrogen-bond donors (Lipinski definition) is 2. The number of ether oxygens (including phenoxy) is 1. The van der Waals surface area contributed by atoms with Crippen molar-refractivity contribution < 1.29 is 17.9 Å². The van der Waals surface area contributed by atoms with Crippen molar-refractivity contribution in [2.24, 2.45) is 0 Å². The van der Waals surface area contributed by atoms with Gasteiger partial charge in [-0.2, -0.15) is 0 Å². The Balaban J connectivity index is 1.44. The number of nitrogens with one attached hydrogen (secondary N) is 2. The van der Waals surface area contributed by atoms with Crippen LogP contribution in [0.1, 0.15) is 17.0 Å². The van der Waals surface area contributed by atoms with Crippen molar-refractivity contribution in [1.29, 1.82) is 0 Å². The zero-order valence-corrected chi connectivity index (χ0v) is 18.4. The van der Waals surface area contributed by atoms with Gasteiger partial charge in [0.25, 0.3) is 0 Å². The summed E-state index contributed by atoms with van der Waals surface area (Å²) in [5.74, 6) is 0.268. The summed E-state index contributed by atoms with van der Waals surface area (Å²) in [4.78, 5) is 12.2. The van der Waals surface area contributed by atoms with E-state index in [0.29, 0.717) is 20.9 Å². The van der Waals surface area contributed by atoms with E-state index >= 15 is 0 Å². The van der Waals surface area contributed by atoms with Gasteiger partial charge in [0.2, 0.25) is 21.1 Å². The van der Waals surface area contributed by atoms with Gasteiger partial charge in [0.05, 0.1) is 4.90 Å². The molecule has 1 heterocycles. The van der Waals surface area contributed by atoms with Crippen LogP contribution >= 0.6 is 22.9 Å². The van der Waals surface area contributed by atoms with Gasteiger partial charge in [0, 0.05) is 18.0 Å². The molecule has 3 rings (SSSR count). The quantitative estimate of drug-likeness (QED) is 0.500. The van der Waals surface area contributed by atoms with Crippen LogP contribution in [0.25, 0.3) is 0 Å². The predicted molar refractivity (Wildman–Crippen MR) is 115 cm³/mol. The number of carbonyl (C=O) groups is 1. The maximum atomic E-state index is 12.2. The van der Waals surface area contributed by atoms with Crippen molar-refractivity contribution in [3.8, 4) is 5.75 Å². The highest BCUT2D eigenvalue weighted by Crippen LogP contribution is 2.20. The number of aryl methyl sites for hydroxylation is 1. The fraction of sp³-hybridized carbons (Fsp3) is 0.211. The van der Waals surface area contributed by atoms with E-state index in [9.17, 15) is 13.2 Å². The molecule has 3 aromatic rings. The molecule has 0 unspecified atom stereocenters. The SMILES string of the molecule is Cc1ccc(S(=O)(=O)NCCC(=O)Nc2nnc(COc3ccc(Cl)cc3)s2)cc1. The van der Waals surface area contributed by atoms with Crippen LogP contribution in [0.4, 0.5) is 5.13 Å². The van der Waals surface area contributed by atoms with Crippen molar-refractivity contribution in [2.45, 2.75) is 24.8 Å². The third kappa shape index (κ3) is 6.49. The number of carbonyl (C=O) groups excluding carboxylic acids is 1. The predicted octanol–water partition coefficient (Wildman–Crippen LogP) is 3.39. The van der Waals surface area contributed by atoms with E-state index in [1.807, 2.05) is 6.92 Å². The first kappa shape index (κ1) is 22.2. The molecular formula is C19H19ClN4O4S2. The molecule has 0 aliphatic rings. The average molecular weight is 467 g/mol. The summed E-state index contributed by atoms with van der Waals surface area (Å²) in [7, 11) is -3.66. The van der Waals surface area contributed by atoms with E-state index in [1.165, 1.54) is 23.5 Å². The molecule has 0 spiro atoms. The molecule has 1 aromatic heterocycles. The van der Waals surface area contributed by atoms with Crippen molar-refractivity contribution in [3.05, 3.63) is 64.1 Å². The smallest absolute Gasteiger partial charge is 0.240 e. The Labute approximate surface area is 183 Å². The first-order valence-electron chi connectivity index (χ1n) is 8.89. The number of nitrogens with zero attached hydrogens (tertiary/aromatic N) is 2. The lowest BCUT2D eigenvalue weighted by molar-refractivity contribution is -0.116. The number of hydrogen-bond acceptors (Lipinski definition) is 7. The van der Waals surface area contributed by atoms with Crippen LogP contribution in [0.15, 0.2) is 53.4 Å². The molecule has 0 atom stereocenters. The maximum Gasteiger partial charge on any atom is 0.240 e. The number of sulfonamides is 1. The summed E-state index contributed by atoms with van der Waals surface area (Å²) in [6.07, 6.45) is -0.0404. The zero-order valence-electron chi connectivity index (χ0n) is 16.0. The standard InChI is InChI=1S/C19H19ClN4O4S2/c1-13-2-8-16(9-3-13)30(26,27)21-11-10-17(25)22-19-24-23-18(29-19)12-28-15-6-4-14(20)5-7-15/h2-9,21H,10-12H2,1H3,(H,22,24,25). The molecule has 0 fully saturated rings. The summed E-state index contributed by atoms with van der Waals surface area (Å²) in [6.45, 7) is 2.04. The molecule has 2 N–H and O–H groups in total. The second kappa shape index (κ2) is 9.98. The van der Waals surface area contributed by atoms with Crippen LogP contribution in [0.2, 0.25) is 5.02 Å². The normalized spacial score (nSPS) is 11.3. The molecular weight excluding hydrogens is 448 g/mol. The largest absolute Gasteiger partial charge is 0.486 e. The highest BCUT2D eigenvalue weighted by atomic mass is 35.5. The van der Waals surface area contributed by atoms with E-state index in [0.717, 1.165) is 5.56 Å². The maximum absolute atomic E-state index is 12.2. The lowest BCUT2D eigenvalue weighted by Crippen LogP contribution is -2.27. The highest BCUT2D eigenvalue weighted by Gasteiger charge is 2.14. The van der Waals surface area contributed by atoms with Crippen LogP contribution in [0, 0.1) is 6.92 Å². The Morgan fingerprint density at radius 3 is 2.50 bits per heavy atom. The van der Waals surface area contributed by atoms with E-state index in [2.05, 4.69) is 20.2 Å². The molecule has 8 nitrogen and oxygen atoms in total. The highest BCUT2D eigenvalue weighted by molar-refractivity contribution is 7.89. The molecule has 0 radical (unpaired) electrons. The fourth-order valence-corrected chi connectivity index (χ4v) is 4.15. The second-order valence-electron chi connectivity index (χ2n) is 6.25. The van der Waals surface area contributed by atoms with Crippen LogP contribution < -0.4 is 14.8 Å². The van der Waals surface area contributed by atoms with Gasteiger partial charge in [0.15, 0.2) is 5.01 Å². The average Bonchev–Trinajstić information content (AvgIpc) is 3.15. The Morgan fingerprint density at radius 1 is 1.10 bits per heavy atom. The van der Waals surface area contributed by atoms with Gasteiger partial charge in [-0.15, -0.1) is 10.2 Å². The van der Waals surface area contributed by atoms with Crippen molar-refractivity contribution >= 4 is 44.0 Å². The molecule has 30 heavy (non-hydrogen) atoms. The van der Waals surface area contributed by atoms with Crippen LogP contribution in [-0.4, -0.2) is 31.1 Å². The fourth-order valence-electron chi connectivity index (χ4n) is 2.32. The first-order chi connectivity index (χ1) is 14.3. The van der Waals surface area contributed by atoms with Gasteiger partial charge < -0.3 is 10.1 Å². The number of rotatable bonds is 9. The van der Waals surface area contributed by atoms with E-state index in [1.54, 1.807) is 36.4 Å². The third-order valence-electron chi connectivity index (χ3n) is 3.86. The summed E-state index contributed by atoms with van der Waals surface area (Å²) in [5.41, 5.74) is 0.961. The van der Waals surface area contributed by atoms with E-state index in [-0.39, 0.29) is 30.4 Å². The summed E-state index contributed by atoms with van der Waals surface area (Å²) in [5, 5.41) is 12.0. The summed E-state index contributed by atoms with van der Waals surface area (Å²) in [6, 6.07) is 13.4. The number of benzene rings is 2. The number of anilines is 1. The monoisotopic (exact) mass is 466 g/mol. The van der Waals surface area contributed by atoms with Gasteiger partial charge >= 0.3 is 0 Å². The lowest BCUT2D eigenvalue weighted by Gasteiger charge is -2.06. The first-order valence-corrected chi connectivity index (χ1v) is 11.6. The summed E-state index contributed by atoms with van der Waals surface area (Å²) < 4.78 is 32.4. The summed E-state index contributed by atoms with van der Waals surface area (Å²) >= 11 is 7.00. The third-order valence-corrected chi connectivity index (χ3v) is 6.41. The van der Waals surface area contributed by atoms with Crippen LogP contribution in [0.5, 0.6) is 5.75 Å². The van der Waals surface area contributed by atoms with Gasteiger partial charge in [-0.05, 0) is 43.3 Å². The molecule has 0 saturated heterocycles. The van der Waals surface area contributed by atoms with Crippen molar-refractivity contribution in [2.75, 3.05) is 11.9 Å². The van der Waals surface area contributed by atoms with Gasteiger partial charge in [0.1, 0.15) is 12.4 Å². The molecule has 11 heteroatoms. The van der Waals surface area contributed by atoms with E-state index in [4.69, 9.17) is 16.3 Å². The molecule has 158 valence electrons. The van der Waals surface area contributed by atoms with Crippen molar-refractivity contribution in [3.63, 3.8) is 0 Å². The minimum atomic E-state index is -3.66. The Bertz CT molecular complexity index is 1100.